The summed E-state index contributed by atoms with van der Waals surface area (Å²) in [4.78, 5) is 0.741. The van der Waals surface area contributed by atoms with Crippen LogP contribution in [0.4, 0.5) is 32.0 Å². The molecule has 0 N–H and O–H groups in total. The fourth-order valence-corrected chi connectivity index (χ4v) is 2.69. The molecule has 0 unspecified atom stereocenters. The van der Waals surface area contributed by atoms with E-state index in [0.717, 1.165) is 17.0 Å². The Morgan fingerprint density at radius 2 is 1.52 bits per heavy atom. The monoisotopic (exact) mass is 418 g/mol. The molecule has 0 aliphatic rings. The highest BCUT2D eigenvalue weighted by atomic mass is 19.4. The number of nitriles is 1. The molecule has 0 aromatic heterocycles. The number of halogens is 6. The van der Waals surface area contributed by atoms with E-state index in [2.05, 4.69) is 0 Å². The van der Waals surface area contributed by atoms with Gasteiger partial charge < -0.3 is 14.4 Å². The van der Waals surface area contributed by atoms with Crippen LogP contribution in [0.3, 0.4) is 0 Å². The predicted octanol–water partition coefficient (Wildman–Crippen LogP) is 5.16. The fraction of sp³-hybridized carbons (Fsp3) is 0.316. The van der Waals surface area contributed by atoms with Gasteiger partial charge in [-0.2, -0.15) is 31.6 Å². The third-order valence-electron chi connectivity index (χ3n) is 3.95. The molecular formula is C19H16F6N2O2. The first kappa shape index (κ1) is 22.2. The maximum atomic E-state index is 13.2. The van der Waals surface area contributed by atoms with Crippen LogP contribution in [-0.2, 0) is 12.7 Å². The van der Waals surface area contributed by atoms with Crippen molar-refractivity contribution in [1.29, 1.82) is 5.26 Å². The molecule has 0 saturated heterocycles. The van der Waals surface area contributed by atoms with E-state index in [0.29, 0.717) is 23.1 Å². The van der Waals surface area contributed by atoms with Crippen molar-refractivity contribution in [3.8, 4) is 17.6 Å². The highest BCUT2D eigenvalue weighted by molar-refractivity contribution is 5.55. The average Bonchev–Trinajstić information content (AvgIpc) is 2.64. The molecule has 0 spiro atoms. The minimum atomic E-state index is -4.88. The molecule has 0 aliphatic heterocycles. The standard InChI is InChI=1S/C19H16F6N2O2/c1-28-15-5-12(6-16(8-15)29-2)10-27(11-18(20,21)22)14-4-3-13(9-26)17(7-14)19(23,24)25/h3-8H,10-11H2,1-2H3. The Balaban J connectivity index is 2.51. The molecule has 2 aromatic carbocycles. The van der Waals surface area contributed by atoms with E-state index in [1.165, 1.54) is 38.5 Å². The summed E-state index contributed by atoms with van der Waals surface area (Å²) >= 11 is 0. The Bertz CT molecular complexity index is 881. The number of rotatable bonds is 6. The van der Waals surface area contributed by atoms with Crippen LogP contribution in [0.25, 0.3) is 0 Å². The third kappa shape index (κ3) is 5.94. The van der Waals surface area contributed by atoms with E-state index in [9.17, 15) is 26.3 Å². The summed E-state index contributed by atoms with van der Waals surface area (Å²) < 4.78 is 89.1. The molecule has 10 heteroatoms. The summed E-state index contributed by atoms with van der Waals surface area (Å²) in [6.07, 6.45) is -9.56. The van der Waals surface area contributed by atoms with Crippen LogP contribution in [0.2, 0.25) is 0 Å². The minimum absolute atomic E-state index is 0.321. The Morgan fingerprint density at radius 3 is 1.97 bits per heavy atom. The molecule has 0 aliphatic carbocycles. The van der Waals surface area contributed by atoms with Crippen molar-refractivity contribution in [2.24, 2.45) is 0 Å². The maximum absolute atomic E-state index is 13.2. The van der Waals surface area contributed by atoms with Crippen molar-refractivity contribution < 1.29 is 35.8 Å². The number of alkyl halides is 6. The van der Waals surface area contributed by atoms with Crippen LogP contribution in [-0.4, -0.2) is 26.9 Å². The highest BCUT2D eigenvalue weighted by Gasteiger charge is 2.36. The van der Waals surface area contributed by atoms with Crippen molar-refractivity contribution in [3.05, 3.63) is 53.1 Å². The van der Waals surface area contributed by atoms with Gasteiger partial charge in [0.05, 0.1) is 31.4 Å². The average molecular weight is 418 g/mol. The van der Waals surface area contributed by atoms with Gasteiger partial charge in [-0.3, -0.25) is 0 Å². The molecule has 156 valence electrons. The van der Waals surface area contributed by atoms with Crippen LogP contribution in [0.15, 0.2) is 36.4 Å². The van der Waals surface area contributed by atoms with Crippen molar-refractivity contribution in [3.63, 3.8) is 0 Å². The quantitative estimate of drug-likeness (QED) is 0.608. The SMILES string of the molecule is COc1cc(CN(CC(F)(F)F)c2ccc(C#N)c(C(F)(F)F)c2)cc(OC)c1. The van der Waals surface area contributed by atoms with Crippen molar-refractivity contribution >= 4 is 5.69 Å². The van der Waals surface area contributed by atoms with Crippen LogP contribution < -0.4 is 14.4 Å². The van der Waals surface area contributed by atoms with Gasteiger partial charge in [-0.1, -0.05) is 0 Å². The summed E-state index contributed by atoms with van der Waals surface area (Å²) in [5, 5.41) is 8.88. The lowest BCUT2D eigenvalue weighted by atomic mass is 10.1. The number of nitrogens with zero attached hydrogens (tertiary/aromatic N) is 2. The smallest absolute Gasteiger partial charge is 0.417 e. The van der Waals surface area contributed by atoms with Crippen LogP contribution in [0.5, 0.6) is 11.5 Å². The van der Waals surface area contributed by atoms with E-state index in [1.807, 2.05) is 0 Å². The van der Waals surface area contributed by atoms with Crippen molar-refractivity contribution in [1.82, 2.24) is 0 Å². The molecule has 0 bridgehead atoms. The van der Waals surface area contributed by atoms with Gasteiger partial charge in [-0.15, -0.1) is 0 Å². The molecular weight excluding hydrogens is 402 g/mol. The van der Waals surface area contributed by atoms with E-state index in [4.69, 9.17) is 14.7 Å². The summed E-state index contributed by atoms with van der Waals surface area (Å²) in [6.45, 7) is -1.86. The molecule has 0 heterocycles. The first-order valence-corrected chi connectivity index (χ1v) is 8.12. The Morgan fingerprint density at radius 1 is 0.931 bits per heavy atom. The normalized spacial score (nSPS) is 11.7. The zero-order valence-electron chi connectivity index (χ0n) is 15.4. The minimum Gasteiger partial charge on any atom is -0.497 e. The van der Waals surface area contributed by atoms with E-state index < -0.39 is 30.0 Å². The Labute approximate surface area is 162 Å². The van der Waals surface area contributed by atoms with Crippen molar-refractivity contribution in [2.75, 3.05) is 25.7 Å². The third-order valence-corrected chi connectivity index (χ3v) is 3.95. The van der Waals surface area contributed by atoms with Gasteiger partial charge in [-0.25, -0.2) is 0 Å². The first-order chi connectivity index (χ1) is 13.5. The van der Waals surface area contributed by atoms with Gasteiger partial charge in [0, 0.05) is 18.3 Å². The van der Waals surface area contributed by atoms with Crippen LogP contribution in [0.1, 0.15) is 16.7 Å². The molecule has 29 heavy (non-hydrogen) atoms. The van der Waals surface area contributed by atoms with Gasteiger partial charge in [0.1, 0.15) is 18.0 Å². The summed E-state index contributed by atoms with van der Waals surface area (Å²) in [6, 6.07) is 8.29. The number of hydrogen-bond donors (Lipinski definition) is 0. The Hall–Kier alpha value is -3.09. The van der Waals surface area contributed by atoms with E-state index in [-0.39, 0.29) is 12.2 Å². The topological polar surface area (TPSA) is 45.5 Å². The van der Waals surface area contributed by atoms with E-state index in [1.54, 1.807) is 0 Å². The highest BCUT2D eigenvalue weighted by Crippen LogP contribution is 2.36. The molecule has 0 amide bonds. The second kappa shape index (κ2) is 8.51. The molecule has 2 aromatic rings. The summed E-state index contributed by atoms with van der Waals surface area (Å²) in [7, 11) is 2.73. The predicted molar refractivity (Wildman–Crippen MR) is 92.8 cm³/mol. The second-order valence-corrected chi connectivity index (χ2v) is 6.03. The van der Waals surface area contributed by atoms with Gasteiger partial charge in [-0.05, 0) is 35.9 Å². The molecule has 0 fully saturated rings. The second-order valence-electron chi connectivity index (χ2n) is 6.03. The summed E-state index contributed by atoms with van der Waals surface area (Å²) in [5.41, 5.74) is -1.96. The number of hydrogen-bond acceptors (Lipinski definition) is 4. The van der Waals surface area contributed by atoms with Crippen molar-refractivity contribution in [2.45, 2.75) is 18.9 Å². The molecule has 2 rings (SSSR count). The van der Waals surface area contributed by atoms with Gasteiger partial charge in [0.15, 0.2) is 0 Å². The number of methoxy groups -OCH3 is 2. The van der Waals surface area contributed by atoms with Gasteiger partial charge in [0.25, 0.3) is 0 Å². The zero-order valence-corrected chi connectivity index (χ0v) is 15.4. The van der Waals surface area contributed by atoms with Crippen LogP contribution in [0, 0.1) is 11.3 Å². The van der Waals surface area contributed by atoms with Crippen LogP contribution >= 0.6 is 0 Å². The number of ether oxygens (including phenoxy) is 2. The lowest BCUT2D eigenvalue weighted by molar-refractivity contribution is -0.137. The molecule has 0 saturated carbocycles. The maximum Gasteiger partial charge on any atom is 0.417 e. The number of benzene rings is 2. The fourth-order valence-electron chi connectivity index (χ4n) is 2.69. The van der Waals surface area contributed by atoms with E-state index >= 15 is 0 Å². The first-order valence-electron chi connectivity index (χ1n) is 8.12. The lowest BCUT2D eigenvalue weighted by Crippen LogP contribution is -2.34. The molecule has 4 nitrogen and oxygen atoms in total. The number of anilines is 1. The van der Waals surface area contributed by atoms with Gasteiger partial charge >= 0.3 is 12.4 Å². The molecule has 0 radical (unpaired) electrons. The Kier molecular flexibility index (Phi) is 6.51. The largest absolute Gasteiger partial charge is 0.497 e. The zero-order chi connectivity index (χ0) is 21.8. The summed E-state index contributed by atoms with van der Waals surface area (Å²) in [5.74, 6) is 0.643. The lowest BCUT2D eigenvalue weighted by Gasteiger charge is -2.27. The van der Waals surface area contributed by atoms with Gasteiger partial charge in [0.2, 0.25) is 0 Å². The molecule has 0 atom stereocenters.